The number of sulfone groups is 1. The number of aromatic nitrogens is 4. The standard InChI is InChI=1S/C66H42N4O2S/c71-73(72,51-39-35-45(36-40-51)43-27-31-47(32-28-43)65-67-61-57-23-11-7-19-53(57)55-21-9-13-25-59(55)63(61)69(65)49-15-3-1-4-16-49)52-41-37-46(38-42-52)44-29-33-48(34-30-44)66-68-62-58-24-12-8-20-54(58)56-22-10-14-26-60(56)64(62)70(66)50-17-5-2-6-18-50/h1-42H. The first-order valence-corrected chi connectivity index (χ1v) is 25.9. The topological polar surface area (TPSA) is 69.8 Å². The number of rotatable bonds is 8. The maximum atomic E-state index is 14.1. The van der Waals surface area contributed by atoms with Crippen LogP contribution in [0, 0.1) is 0 Å². The smallest absolute Gasteiger partial charge is 0.206 e. The summed E-state index contributed by atoms with van der Waals surface area (Å²) in [5.41, 5.74) is 11.8. The number of benzene rings is 12. The predicted molar refractivity (Wildman–Crippen MR) is 299 cm³/mol. The summed E-state index contributed by atoms with van der Waals surface area (Å²) in [6.45, 7) is 0. The fraction of sp³-hybridized carbons (Fsp3) is 0. The van der Waals surface area contributed by atoms with Crippen LogP contribution in [-0.4, -0.2) is 27.5 Å². The van der Waals surface area contributed by atoms with Gasteiger partial charge in [0.1, 0.15) is 11.6 Å². The minimum Gasteiger partial charge on any atom is -0.292 e. The van der Waals surface area contributed by atoms with Crippen LogP contribution in [0.15, 0.2) is 265 Å². The molecule has 14 rings (SSSR count). The molecule has 0 N–H and O–H groups in total. The molecule has 0 atom stereocenters. The van der Waals surface area contributed by atoms with Gasteiger partial charge in [0.25, 0.3) is 0 Å². The third kappa shape index (κ3) is 6.89. The van der Waals surface area contributed by atoms with E-state index in [4.69, 9.17) is 9.97 Å². The first kappa shape index (κ1) is 42.4. The van der Waals surface area contributed by atoms with Crippen LogP contribution in [0.2, 0.25) is 0 Å². The van der Waals surface area contributed by atoms with E-state index in [1.807, 2.05) is 36.4 Å². The lowest BCUT2D eigenvalue weighted by Crippen LogP contribution is -2.01. The van der Waals surface area contributed by atoms with Crippen molar-refractivity contribution in [2.75, 3.05) is 0 Å². The van der Waals surface area contributed by atoms with Gasteiger partial charge in [0.05, 0.1) is 31.9 Å². The van der Waals surface area contributed by atoms with Crippen LogP contribution < -0.4 is 0 Å². The Balaban J connectivity index is 0.750. The van der Waals surface area contributed by atoms with Crippen LogP contribution in [0.1, 0.15) is 0 Å². The molecule has 0 aliphatic rings. The molecule has 0 aliphatic carbocycles. The van der Waals surface area contributed by atoms with E-state index >= 15 is 0 Å². The molecule has 7 heteroatoms. The van der Waals surface area contributed by atoms with Gasteiger partial charge in [-0.3, -0.25) is 9.13 Å². The van der Waals surface area contributed by atoms with Crippen LogP contribution in [0.4, 0.5) is 0 Å². The fourth-order valence-electron chi connectivity index (χ4n) is 10.9. The molecule has 2 aromatic heterocycles. The molecule has 14 aromatic rings. The molecular weight excluding hydrogens is 913 g/mol. The molecular formula is C66H42N4O2S. The number of hydrogen-bond donors (Lipinski definition) is 0. The van der Waals surface area contributed by atoms with Gasteiger partial charge in [-0.2, -0.15) is 0 Å². The van der Waals surface area contributed by atoms with Crippen LogP contribution >= 0.6 is 0 Å². The average molecular weight is 955 g/mol. The van der Waals surface area contributed by atoms with Crippen LogP contribution in [0.25, 0.3) is 122 Å². The highest BCUT2D eigenvalue weighted by molar-refractivity contribution is 7.91. The second-order valence-corrected chi connectivity index (χ2v) is 20.4. The molecule has 0 spiro atoms. The molecule has 0 aliphatic heterocycles. The zero-order valence-electron chi connectivity index (χ0n) is 39.3. The molecule has 73 heavy (non-hydrogen) atoms. The van der Waals surface area contributed by atoms with Crippen molar-refractivity contribution < 1.29 is 8.42 Å². The highest BCUT2D eigenvalue weighted by atomic mass is 32.2. The van der Waals surface area contributed by atoms with Crippen molar-refractivity contribution >= 4 is 75.0 Å². The Morgan fingerprint density at radius 2 is 0.521 bits per heavy atom. The van der Waals surface area contributed by atoms with Gasteiger partial charge in [0, 0.05) is 44.0 Å². The number of fused-ring (bicyclic) bond motifs is 12. The zero-order valence-corrected chi connectivity index (χ0v) is 40.1. The monoisotopic (exact) mass is 954 g/mol. The maximum absolute atomic E-state index is 14.1. The van der Waals surface area contributed by atoms with E-state index in [-0.39, 0.29) is 9.79 Å². The third-order valence-electron chi connectivity index (χ3n) is 14.4. The van der Waals surface area contributed by atoms with Crippen LogP contribution in [-0.2, 0) is 9.84 Å². The Kier molecular flexibility index (Phi) is 9.81. The molecule has 0 radical (unpaired) electrons. The summed E-state index contributed by atoms with van der Waals surface area (Å²) in [4.78, 5) is 11.2. The molecule has 0 fully saturated rings. The Hall–Kier alpha value is -9.43. The van der Waals surface area contributed by atoms with E-state index in [1.165, 1.54) is 21.5 Å². The van der Waals surface area contributed by atoms with E-state index in [2.05, 4.69) is 203 Å². The van der Waals surface area contributed by atoms with Crippen LogP contribution in [0.5, 0.6) is 0 Å². The Morgan fingerprint density at radius 1 is 0.260 bits per heavy atom. The molecule has 0 saturated carbocycles. The molecule has 6 nitrogen and oxygen atoms in total. The molecule has 0 unspecified atom stereocenters. The fourth-order valence-corrected chi connectivity index (χ4v) is 12.1. The lowest BCUT2D eigenvalue weighted by Gasteiger charge is -2.13. The van der Waals surface area contributed by atoms with Crippen molar-refractivity contribution in [3.8, 4) is 56.4 Å². The molecule has 0 saturated heterocycles. The number of imidazole rings is 2. The highest BCUT2D eigenvalue weighted by Crippen LogP contribution is 2.42. The summed E-state index contributed by atoms with van der Waals surface area (Å²) in [5, 5.41) is 9.25. The Labute approximate surface area is 421 Å². The third-order valence-corrected chi connectivity index (χ3v) is 16.2. The van der Waals surface area contributed by atoms with E-state index in [1.54, 1.807) is 24.3 Å². The van der Waals surface area contributed by atoms with E-state index in [0.29, 0.717) is 0 Å². The number of para-hydroxylation sites is 2. The summed E-state index contributed by atoms with van der Waals surface area (Å²) >= 11 is 0. The van der Waals surface area contributed by atoms with Crippen molar-refractivity contribution in [1.82, 2.24) is 19.1 Å². The summed E-state index contributed by atoms with van der Waals surface area (Å²) in [5.74, 6) is 1.70. The van der Waals surface area contributed by atoms with E-state index in [0.717, 1.165) is 100 Å². The minimum atomic E-state index is -3.80. The second kappa shape index (κ2) is 16.9. The van der Waals surface area contributed by atoms with Gasteiger partial charge in [-0.15, -0.1) is 0 Å². The van der Waals surface area contributed by atoms with Crippen molar-refractivity contribution in [1.29, 1.82) is 0 Å². The minimum absolute atomic E-state index is 0.239. The summed E-state index contributed by atoms with van der Waals surface area (Å²) < 4.78 is 32.7. The normalized spacial score (nSPS) is 11.9. The molecule has 2 heterocycles. The largest absolute Gasteiger partial charge is 0.292 e. The Bertz CT molecular complexity index is 4280. The van der Waals surface area contributed by atoms with Gasteiger partial charge < -0.3 is 0 Å². The predicted octanol–water partition coefficient (Wildman–Crippen LogP) is 16.5. The molecule has 344 valence electrons. The van der Waals surface area contributed by atoms with E-state index < -0.39 is 9.84 Å². The van der Waals surface area contributed by atoms with Crippen molar-refractivity contribution in [3.05, 3.63) is 255 Å². The van der Waals surface area contributed by atoms with Gasteiger partial charge in [-0.1, -0.05) is 206 Å². The molecule has 0 bridgehead atoms. The second-order valence-electron chi connectivity index (χ2n) is 18.5. The highest BCUT2D eigenvalue weighted by Gasteiger charge is 2.23. The quantitative estimate of drug-likeness (QED) is 0.142. The van der Waals surface area contributed by atoms with Gasteiger partial charge >= 0.3 is 0 Å². The van der Waals surface area contributed by atoms with Gasteiger partial charge in [0.15, 0.2) is 0 Å². The summed E-state index contributed by atoms with van der Waals surface area (Å²) in [7, 11) is -3.80. The summed E-state index contributed by atoms with van der Waals surface area (Å²) in [6, 6.07) is 86.0. The van der Waals surface area contributed by atoms with E-state index in [9.17, 15) is 8.42 Å². The number of hydrogen-bond acceptors (Lipinski definition) is 4. The average Bonchev–Trinajstić information content (AvgIpc) is 4.08. The van der Waals surface area contributed by atoms with Crippen LogP contribution in [0.3, 0.4) is 0 Å². The number of nitrogens with zero attached hydrogens (tertiary/aromatic N) is 4. The first-order chi connectivity index (χ1) is 36.0. The molecule has 12 aromatic carbocycles. The zero-order chi connectivity index (χ0) is 48.6. The van der Waals surface area contributed by atoms with Crippen molar-refractivity contribution in [2.45, 2.75) is 9.79 Å². The Morgan fingerprint density at radius 3 is 0.863 bits per heavy atom. The SMILES string of the molecule is O=S(=O)(c1ccc(-c2ccc(-c3nc4c5ccccc5c5ccccc5c4n3-c3ccccc3)cc2)cc1)c1ccc(-c2ccc(-c3nc4c5ccccc5c5ccccc5c4n3-c3ccccc3)cc2)cc1. The maximum Gasteiger partial charge on any atom is 0.206 e. The van der Waals surface area contributed by atoms with Gasteiger partial charge in [0.2, 0.25) is 9.84 Å². The van der Waals surface area contributed by atoms with Crippen molar-refractivity contribution in [3.63, 3.8) is 0 Å². The van der Waals surface area contributed by atoms with Crippen molar-refractivity contribution in [2.24, 2.45) is 0 Å². The lowest BCUT2D eigenvalue weighted by molar-refractivity contribution is 0.596. The lowest BCUT2D eigenvalue weighted by atomic mass is 10.00. The van der Waals surface area contributed by atoms with Gasteiger partial charge in [-0.05, 0) is 92.3 Å². The molecule has 0 amide bonds. The first-order valence-electron chi connectivity index (χ1n) is 24.4. The van der Waals surface area contributed by atoms with Gasteiger partial charge in [-0.25, -0.2) is 18.4 Å². The summed E-state index contributed by atoms with van der Waals surface area (Å²) in [6.07, 6.45) is 0.